The molecule has 0 atom stereocenters. The third-order valence-corrected chi connectivity index (χ3v) is 4.59. The average Bonchev–Trinajstić information content (AvgIpc) is 2.88. The molecule has 1 aromatic carbocycles. The molecule has 1 aliphatic rings. The predicted molar refractivity (Wildman–Crippen MR) is 79.9 cm³/mol. The number of rotatable bonds is 4. The van der Waals surface area contributed by atoms with Crippen molar-refractivity contribution in [3.05, 3.63) is 29.2 Å². The van der Waals surface area contributed by atoms with Crippen molar-refractivity contribution in [3.63, 3.8) is 0 Å². The van der Waals surface area contributed by atoms with Crippen LogP contribution in [0.3, 0.4) is 0 Å². The van der Waals surface area contributed by atoms with Crippen LogP contribution in [0.1, 0.15) is 36.3 Å². The van der Waals surface area contributed by atoms with Gasteiger partial charge in [-0.1, -0.05) is 11.6 Å². The highest BCUT2D eigenvalue weighted by Gasteiger charge is 2.37. The molecule has 0 aliphatic heterocycles. The zero-order valence-electron chi connectivity index (χ0n) is 12.5. The van der Waals surface area contributed by atoms with Crippen molar-refractivity contribution in [2.75, 3.05) is 6.54 Å². The van der Waals surface area contributed by atoms with E-state index in [1.54, 1.807) is 0 Å². The van der Waals surface area contributed by atoms with Gasteiger partial charge in [0.05, 0.1) is 0 Å². The number of aromatic hydroxyl groups is 1. The first kappa shape index (κ1) is 14.1. The van der Waals surface area contributed by atoms with Crippen molar-refractivity contribution in [2.45, 2.75) is 39.5 Å². The summed E-state index contributed by atoms with van der Waals surface area (Å²) in [5.41, 5.74) is 8.53. The minimum Gasteiger partial charge on any atom is -0.507 e. The van der Waals surface area contributed by atoms with Crippen molar-refractivity contribution in [1.82, 2.24) is 10.1 Å². The summed E-state index contributed by atoms with van der Waals surface area (Å²) in [6.45, 7) is 4.40. The topological polar surface area (TPSA) is 85.2 Å². The van der Waals surface area contributed by atoms with Gasteiger partial charge in [0, 0.05) is 12.0 Å². The fourth-order valence-electron chi connectivity index (χ4n) is 2.98. The van der Waals surface area contributed by atoms with Gasteiger partial charge in [-0.05, 0) is 61.9 Å². The van der Waals surface area contributed by atoms with Crippen molar-refractivity contribution >= 4 is 0 Å². The van der Waals surface area contributed by atoms with Gasteiger partial charge in [-0.25, -0.2) is 0 Å². The maximum Gasteiger partial charge on any atom is 0.227 e. The number of aryl methyl sites for hydroxylation is 2. The monoisotopic (exact) mass is 287 g/mol. The number of phenols is 1. The second kappa shape index (κ2) is 5.15. The first-order valence-electron chi connectivity index (χ1n) is 7.36. The molecule has 0 spiro atoms. The molecule has 0 saturated heterocycles. The summed E-state index contributed by atoms with van der Waals surface area (Å²) in [4.78, 5) is 4.49. The van der Waals surface area contributed by atoms with Gasteiger partial charge in [-0.3, -0.25) is 0 Å². The fraction of sp³-hybridized carbons (Fsp3) is 0.500. The number of nitrogens with two attached hydrogens (primary N) is 1. The van der Waals surface area contributed by atoms with Crippen molar-refractivity contribution in [2.24, 2.45) is 11.1 Å². The molecule has 5 nitrogen and oxygen atoms in total. The summed E-state index contributed by atoms with van der Waals surface area (Å²) in [5, 5.41) is 13.9. The Morgan fingerprint density at radius 1 is 1.29 bits per heavy atom. The molecule has 0 unspecified atom stereocenters. The zero-order chi connectivity index (χ0) is 15.0. The third kappa shape index (κ3) is 2.53. The number of benzene rings is 1. The van der Waals surface area contributed by atoms with Gasteiger partial charge in [0.15, 0.2) is 0 Å². The van der Waals surface area contributed by atoms with E-state index >= 15 is 0 Å². The van der Waals surface area contributed by atoms with E-state index < -0.39 is 0 Å². The van der Waals surface area contributed by atoms with Gasteiger partial charge in [0.1, 0.15) is 5.75 Å². The quantitative estimate of drug-likeness (QED) is 0.903. The SMILES string of the molecule is Cc1cc(-c2noc(CC3(CN)CCC3)n2)cc(C)c1O. The standard InChI is InChI=1S/C16H21N3O2/c1-10-6-12(7-11(2)14(10)20)15-18-13(21-19-15)8-16(9-17)4-3-5-16/h6-7,20H,3-5,8-9,17H2,1-2H3. The summed E-state index contributed by atoms with van der Waals surface area (Å²) in [5.74, 6) is 1.54. The average molecular weight is 287 g/mol. The Labute approximate surface area is 124 Å². The van der Waals surface area contributed by atoms with E-state index in [-0.39, 0.29) is 5.41 Å². The van der Waals surface area contributed by atoms with E-state index in [0.717, 1.165) is 36.0 Å². The van der Waals surface area contributed by atoms with Crippen LogP contribution in [0, 0.1) is 19.3 Å². The summed E-state index contributed by atoms with van der Waals surface area (Å²) in [6, 6.07) is 3.75. The first-order valence-corrected chi connectivity index (χ1v) is 7.36. The van der Waals surface area contributed by atoms with Crippen LogP contribution >= 0.6 is 0 Å². The van der Waals surface area contributed by atoms with E-state index in [0.29, 0.717) is 24.0 Å². The molecule has 5 heteroatoms. The van der Waals surface area contributed by atoms with E-state index in [4.69, 9.17) is 10.3 Å². The largest absolute Gasteiger partial charge is 0.507 e. The van der Waals surface area contributed by atoms with Crippen LogP contribution < -0.4 is 5.73 Å². The van der Waals surface area contributed by atoms with Crippen LogP contribution in [-0.4, -0.2) is 21.8 Å². The molecule has 0 bridgehead atoms. The van der Waals surface area contributed by atoms with Crippen LogP contribution in [0.5, 0.6) is 5.75 Å². The Morgan fingerprint density at radius 2 is 1.95 bits per heavy atom. The Morgan fingerprint density at radius 3 is 2.48 bits per heavy atom. The van der Waals surface area contributed by atoms with E-state index in [9.17, 15) is 5.11 Å². The lowest BCUT2D eigenvalue weighted by Crippen LogP contribution is -2.39. The van der Waals surface area contributed by atoms with Gasteiger partial charge in [-0.15, -0.1) is 0 Å². The molecule has 1 saturated carbocycles. The minimum absolute atomic E-state index is 0.157. The molecular formula is C16H21N3O2. The Bertz CT molecular complexity index is 631. The maximum absolute atomic E-state index is 9.83. The minimum atomic E-state index is 0.157. The van der Waals surface area contributed by atoms with Gasteiger partial charge in [0.25, 0.3) is 0 Å². The van der Waals surface area contributed by atoms with Gasteiger partial charge >= 0.3 is 0 Å². The molecule has 2 aromatic rings. The Balaban J connectivity index is 1.85. The number of phenolic OH excluding ortho intramolecular Hbond substituents is 1. The fourth-order valence-corrected chi connectivity index (χ4v) is 2.98. The van der Waals surface area contributed by atoms with Crippen molar-refractivity contribution < 1.29 is 9.63 Å². The lowest BCUT2D eigenvalue weighted by Gasteiger charge is -2.39. The Kier molecular flexibility index (Phi) is 3.45. The number of hydrogen-bond acceptors (Lipinski definition) is 5. The van der Waals surface area contributed by atoms with Gasteiger partial charge in [0.2, 0.25) is 11.7 Å². The summed E-state index contributed by atoms with van der Waals surface area (Å²) in [6.07, 6.45) is 4.26. The highest BCUT2D eigenvalue weighted by molar-refractivity contribution is 5.60. The lowest BCUT2D eigenvalue weighted by atomic mass is 9.67. The van der Waals surface area contributed by atoms with Crippen molar-refractivity contribution in [3.8, 4) is 17.1 Å². The summed E-state index contributed by atoms with van der Waals surface area (Å²) in [7, 11) is 0. The molecule has 1 aromatic heterocycles. The lowest BCUT2D eigenvalue weighted by molar-refractivity contribution is 0.129. The zero-order valence-corrected chi connectivity index (χ0v) is 12.5. The number of hydrogen-bond donors (Lipinski definition) is 2. The molecule has 1 fully saturated rings. The second-order valence-corrected chi connectivity index (χ2v) is 6.20. The molecule has 3 N–H and O–H groups in total. The van der Waals surface area contributed by atoms with Gasteiger partial charge in [-0.2, -0.15) is 4.98 Å². The number of aromatic nitrogens is 2. The highest BCUT2D eigenvalue weighted by atomic mass is 16.5. The normalized spacial score (nSPS) is 16.7. The van der Waals surface area contributed by atoms with Crippen LogP contribution in [0.2, 0.25) is 0 Å². The van der Waals surface area contributed by atoms with E-state index in [1.807, 2.05) is 26.0 Å². The van der Waals surface area contributed by atoms with E-state index in [1.165, 1.54) is 6.42 Å². The van der Waals surface area contributed by atoms with Crippen LogP contribution in [0.25, 0.3) is 11.4 Å². The summed E-state index contributed by atoms with van der Waals surface area (Å²) >= 11 is 0. The molecule has 0 radical (unpaired) electrons. The molecule has 3 rings (SSSR count). The predicted octanol–water partition coefficient (Wildman–Crippen LogP) is 2.73. The highest BCUT2D eigenvalue weighted by Crippen LogP contribution is 2.42. The molecule has 1 heterocycles. The first-order chi connectivity index (χ1) is 10.0. The van der Waals surface area contributed by atoms with Crippen molar-refractivity contribution in [1.29, 1.82) is 0 Å². The Hall–Kier alpha value is -1.88. The smallest absolute Gasteiger partial charge is 0.227 e. The second-order valence-electron chi connectivity index (χ2n) is 6.20. The molecule has 0 amide bonds. The van der Waals surface area contributed by atoms with Crippen LogP contribution in [-0.2, 0) is 6.42 Å². The summed E-state index contributed by atoms with van der Waals surface area (Å²) < 4.78 is 5.38. The molecule has 112 valence electrons. The molecular weight excluding hydrogens is 266 g/mol. The molecule has 21 heavy (non-hydrogen) atoms. The maximum atomic E-state index is 9.83. The van der Waals surface area contributed by atoms with Crippen LogP contribution in [0.4, 0.5) is 0 Å². The third-order valence-electron chi connectivity index (χ3n) is 4.59. The number of nitrogens with zero attached hydrogens (tertiary/aromatic N) is 2. The van der Waals surface area contributed by atoms with Crippen LogP contribution in [0.15, 0.2) is 16.7 Å². The molecule has 1 aliphatic carbocycles. The van der Waals surface area contributed by atoms with E-state index in [2.05, 4.69) is 10.1 Å². The van der Waals surface area contributed by atoms with Gasteiger partial charge < -0.3 is 15.4 Å².